The van der Waals surface area contributed by atoms with E-state index in [4.69, 9.17) is 10.2 Å². The van der Waals surface area contributed by atoms with Crippen LogP contribution in [0.15, 0.2) is 11.6 Å². The molecule has 4 aliphatic rings. The van der Waals surface area contributed by atoms with Crippen molar-refractivity contribution in [1.82, 2.24) is 0 Å². The van der Waals surface area contributed by atoms with E-state index in [1.54, 1.807) is 0 Å². The second-order valence-corrected chi connectivity index (χ2v) is 10.9. The topological polar surface area (TPSA) is 115 Å². The van der Waals surface area contributed by atoms with Gasteiger partial charge in [0.15, 0.2) is 17.4 Å². The Hall–Kier alpha value is -1.08. The summed E-state index contributed by atoms with van der Waals surface area (Å²) in [5, 5.41) is 36.7. The lowest BCUT2D eigenvalue weighted by Crippen LogP contribution is -2.57. The van der Waals surface area contributed by atoms with Crippen molar-refractivity contribution in [1.29, 1.82) is 0 Å². The number of carbonyl (C=O) groups is 2. The van der Waals surface area contributed by atoms with Crippen LogP contribution in [0.2, 0.25) is 0 Å². The minimum atomic E-state index is -1.50. The number of aliphatic hydroxyl groups is 4. The van der Waals surface area contributed by atoms with Gasteiger partial charge in [-0.15, -0.1) is 0 Å². The van der Waals surface area contributed by atoms with Gasteiger partial charge in [-0.2, -0.15) is 0 Å². The molecule has 4 rings (SSSR count). The molecule has 6 heteroatoms. The van der Waals surface area contributed by atoms with Crippen LogP contribution in [-0.4, -0.2) is 50.5 Å². The Morgan fingerprint density at radius 2 is 1.80 bits per heavy atom. The largest absolute Gasteiger partial charge is 0.393 e. The Kier molecular flexibility index (Phi) is 6.38. The lowest BCUT2D eigenvalue weighted by Gasteiger charge is -2.59. The maximum Gasteiger partial charge on any atom is 0.161 e. The third-order valence-electron chi connectivity index (χ3n) is 8.44. The summed E-state index contributed by atoms with van der Waals surface area (Å²) in [7, 11) is 0. The van der Waals surface area contributed by atoms with Crippen LogP contribution in [0.1, 0.15) is 72.6 Å². The lowest BCUT2D eigenvalue weighted by molar-refractivity contribution is -0.146. The summed E-state index contributed by atoms with van der Waals surface area (Å²) in [6, 6.07) is 0. The minimum Gasteiger partial charge on any atom is -0.393 e. The highest BCUT2D eigenvalue weighted by Gasteiger charge is 2.62. The van der Waals surface area contributed by atoms with E-state index >= 15 is 0 Å². The van der Waals surface area contributed by atoms with Gasteiger partial charge in [0.25, 0.3) is 0 Å². The van der Waals surface area contributed by atoms with Crippen LogP contribution >= 0.6 is 0 Å². The van der Waals surface area contributed by atoms with Crippen molar-refractivity contribution in [2.75, 3.05) is 6.61 Å². The fourth-order valence-electron chi connectivity index (χ4n) is 7.33. The first-order valence-electron chi connectivity index (χ1n) is 11.3. The third kappa shape index (κ3) is 4.16. The van der Waals surface area contributed by atoms with E-state index in [1.165, 1.54) is 19.4 Å². The predicted octanol–water partition coefficient (Wildman–Crippen LogP) is 2.37. The fraction of sp³-hybridized carbons (Fsp3) is 0.833. The second-order valence-electron chi connectivity index (χ2n) is 10.9. The molecule has 30 heavy (non-hydrogen) atoms. The minimum absolute atomic E-state index is 0.0541. The number of aliphatic hydroxyl groups excluding tert-OH is 2. The van der Waals surface area contributed by atoms with Crippen molar-refractivity contribution in [3.8, 4) is 0 Å². The van der Waals surface area contributed by atoms with E-state index in [2.05, 4.69) is 13.8 Å². The van der Waals surface area contributed by atoms with Gasteiger partial charge in [-0.25, -0.2) is 0 Å². The van der Waals surface area contributed by atoms with Crippen LogP contribution in [0, 0.1) is 34.5 Å². The normalized spacial score (nSPS) is 42.9. The molecule has 4 N–H and O–H groups in total. The average molecular weight is 423 g/mol. The molecule has 0 saturated heterocycles. The van der Waals surface area contributed by atoms with E-state index in [1.807, 2.05) is 6.08 Å². The van der Waals surface area contributed by atoms with Crippen LogP contribution in [0.4, 0.5) is 0 Å². The molecule has 3 fully saturated rings. The summed E-state index contributed by atoms with van der Waals surface area (Å²) in [5.41, 5.74) is 0.979. The van der Waals surface area contributed by atoms with Gasteiger partial charge in [-0.3, -0.25) is 9.59 Å². The molecule has 7 atom stereocenters. The monoisotopic (exact) mass is 422 g/mol. The summed E-state index contributed by atoms with van der Waals surface area (Å²) in [5.74, 6) is -0.382. The standard InChI is InChI=1S/C21H30O4.C3H8O2/c1-20-8-7-13(23)9-12(20)3-4-14-15-5-6-16(18(25)11-22)21(15,2)10-17(24)19(14)20;1-3(2,4)5/h9,14-17,19,22,24H,3-8,10-11H2,1-2H3;4-5H,1-2H3. The van der Waals surface area contributed by atoms with Crippen molar-refractivity contribution >= 4 is 11.6 Å². The number of carbonyl (C=O) groups excluding carboxylic acids is 2. The molecule has 0 amide bonds. The summed E-state index contributed by atoms with van der Waals surface area (Å²) >= 11 is 0. The summed E-state index contributed by atoms with van der Waals surface area (Å²) in [4.78, 5) is 24.2. The van der Waals surface area contributed by atoms with Gasteiger partial charge in [-0.05, 0) is 87.0 Å². The number of hydrogen-bond donors (Lipinski definition) is 4. The first-order chi connectivity index (χ1) is 13.8. The number of allylic oxidation sites excluding steroid dienone is 1. The molecule has 0 spiro atoms. The number of hydrogen-bond acceptors (Lipinski definition) is 6. The highest BCUT2D eigenvalue weighted by Crippen LogP contribution is 2.66. The van der Waals surface area contributed by atoms with Crippen LogP contribution in [0.3, 0.4) is 0 Å². The quantitative estimate of drug-likeness (QED) is 0.508. The van der Waals surface area contributed by atoms with Gasteiger partial charge in [0, 0.05) is 12.3 Å². The molecule has 0 aromatic carbocycles. The van der Waals surface area contributed by atoms with Gasteiger partial charge in [0.05, 0.1) is 6.10 Å². The fourth-order valence-corrected chi connectivity index (χ4v) is 7.33. The maximum atomic E-state index is 12.3. The van der Waals surface area contributed by atoms with Gasteiger partial charge in [-0.1, -0.05) is 19.4 Å². The van der Waals surface area contributed by atoms with E-state index in [9.17, 15) is 19.8 Å². The van der Waals surface area contributed by atoms with E-state index in [-0.39, 0.29) is 40.8 Å². The van der Waals surface area contributed by atoms with Gasteiger partial charge < -0.3 is 20.4 Å². The number of rotatable bonds is 2. The Morgan fingerprint density at radius 1 is 1.17 bits per heavy atom. The van der Waals surface area contributed by atoms with Crippen molar-refractivity contribution in [3.63, 3.8) is 0 Å². The first kappa shape index (κ1) is 23.6. The molecule has 0 aromatic rings. The van der Waals surface area contributed by atoms with E-state index in [0.29, 0.717) is 24.7 Å². The molecular formula is C24H38O6. The van der Waals surface area contributed by atoms with Crippen molar-refractivity contribution < 1.29 is 30.0 Å². The summed E-state index contributed by atoms with van der Waals surface area (Å²) < 4.78 is 0. The molecule has 3 saturated carbocycles. The Labute approximate surface area is 179 Å². The Morgan fingerprint density at radius 3 is 2.40 bits per heavy atom. The Balaban J connectivity index is 0.000000461. The average Bonchev–Trinajstić information content (AvgIpc) is 2.96. The van der Waals surface area contributed by atoms with Crippen molar-refractivity contribution in [2.45, 2.75) is 84.5 Å². The molecule has 170 valence electrons. The predicted molar refractivity (Wildman–Crippen MR) is 112 cm³/mol. The highest BCUT2D eigenvalue weighted by atomic mass is 16.5. The van der Waals surface area contributed by atoms with Crippen LogP contribution < -0.4 is 0 Å². The van der Waals surface area contributed by atoms with Crippen LogP contribution in [0.5, 0.6) is 0 Å². The molecule has 0 radical (unpaired) electrons. The number of ketones is 2. The molecule has 0 aromatic heterocycles. The van der Waals surface area contributed by atoms with Crippen LogP contribution in [-0.2, 0) is 9.59 Å². The van der Waals surface area contributed by atoms with Crippen molar-refractivity contribution in [3.05, 3.63) is 11.6 Å². The summed E-state index contributed by atoms with van der Waals surface area (Å²) in [6.45, 7) is 6.63. The second kappa shape index (κ2) is 8.12. The molecule has 7 unspecified atom stereocenters. The van der Waals surface area contributed by atoms with Gasteiger partial charge in [0.2, 0.25) is 0 Å². The van der Waals surface area contributed by atoms with Gasteiger partial charge in [0.1, 0.15) is 6.61 Å². The molecule has 6 nitrogen and oxygen atoms in total. The third-order valence-corrected chi connectivity index (χ3v) is 8.44. The molecule has 4 aliphatic carbocycles. The first-order valence-corrected chi connectivity index (χ1v) is 11.3. The summed E-state index contributed by atoms with van der Waals surface area (Å²) in [6.07, 6.45) is 7.32. The highest BCUT2D eigenvalue weighted by molar-refractivity contribution is 5.91. The zero-order chi connectivity index (χ0) is 22.5. The zero-order valence-electron chi connectivity index (χ0n) is 18.7. The van der Waals surface area contributed by atoms with E-state index in [0.717, 1.165) is 32.1 Å². The zero-order valence-corrected chi connectivity index (χ0v) is 18.7. The van der Waals surface area contributed by atoms with Gasteiger partial charge >= 0.3 is 0 Å². The van der Waals surface area contributed by atoms with E-state index < -0.39 is 11.9 Å². The molecular weight excluding hydrogens is 384 g/mol. The SMILES string of the molecule is CC(C)(O)O.CC12CCC(=O)C=C1CCC1C2C(O)CC2(C)C(C(=O)CO)CCC12. The van der Waals surface area contributed by atoms with Crippen LogP contribution in [0.25, 0.3) is 0 Å². The lowest BCUT2D eigenvalue weighted by atomic mass is 9.46. The Bertz CT molecular complexity index is 716. The number of fused-ring (bicyclic) bond motifs is 5. The van der Waals surface area contributed by atoms with Crippen molar-refractivity contribution in [2.24, 2.45) is 34.5 Å². The maximum absolute atomic E-state index is 12.3. The molecule has 0 heterocycles. The smallest absolute Gasteiger partial charge is 0.161 e. The molecule has 0 bridgehead atoms. The molecule has 0 aliphatic heterocycles. The number of Topliss-reactive ketones (excluding diaryl/α,β-unsaturated/α-hetero) is 1.